The van der Waals surface area contributed by atoms with Crippen molar-refractivity contribution in [3.05, 3.63) is 29.6 Å². The van der Waals surface area contributed by atoms with Crippen LogP contribution in [0.15, 0.2) is 18.2 Å². The van der Waals surface area contributed by atoms with Crippen LogP contribution in [0.5, 0.6) is 5.75 Å². The van der Waals surface area contributed by atoms with E-state index in [9.17, 15) is 4.39 Å². The molecule has 1 aliphatic heterocycles. The Kier molecular flexibility index (Phi) is 5.16. The average molecular weight is 267 g/mol. The van der Waals surface area contributed by atoms with Gasteiger partial charge in [-0.15, -0.1) is 0 Å². The van der Waals surface area contributed by atoms with E-state index in [4.69, 9.17) is 9.47 Å². The van der Waals surface area contributed by atoms with Crippen LogP contribution in [-0.2, 0) is 4.74 Å². The molecule has 3 nitrogen and oxygen atoms in total. The van der Waals surface area contributed by atoms with E-state index in [0.29, 0.717) is 11.3 Å². The third-order valence-electron chi connectivity index (χ3n) is 3.70. The quantitative estimate of drug-likeness (QED) is 0.889. The van der Waals surface area contributed by atoms with E-state index in [2.05, 4.69) is 5.32 Å². The van der Waals surface area contributed by atoms with Crippen molar-refractivity contribution in [2.75, 3.05) is 20.8 Å². The highest BCUT2D eigenvalue weighted by Gasteiger charge is 2.22. The maximum absolute atomic E-state index is 14.1. The van der Waals surface area contributed by atoms with E-state index < -0.39 is 0 Å². The van der Waals surface area contributed by atoms with Crippen LogP contribution < -0.4 is 10.1 Å². The Morgan fingerprint density at radius 1 is 1.47 bits per heavy atom. The Morgan fingerprint density at radius 2 is 2.32 bits per heavy atom. The van der Waals surface area contributed by atoms with Crippen molar-refractivity contribution in [3.63, 3.8) is 0 Å². The van der Waals surface area contributed by atoms with Gasteiger partial charge < -0.3 is 14.8 Å². The highest BCUT2D eigenvalue weighted by atomic mass is 19.1. The normalized spacial score (nSPS) is 21.1. The number of ether oxygens (including phenoxy) is 2. The lowest BCUT2D eigenvalue weighted by molar-refractivity contribution is 0.00529. The molecule has 0 saturated carbocycles. The monoisotopic (exact) mass is 267 g/mol. The molecule has 2 unspecified atom stereocenters. The zero-order valence-electron chi connectivity index (χ0n) is 11.6. The number of benzene rings is 1. The molecule has 1 saturated heterocycles. The van der Waals surface area contributed by atoms with Gasteiger partial charge in [0.25, 0.3) is 0 Å². The lowest BCUT2D eigenvalue weighted by Gasteiger charge is -2.27. The van der Waals surface area contributed by atoms with Crippen molar-refractivity contribution < 1.29 is 13.9 Å². The van der Waals surface area contributed by atoms with Crippen LogP contribution in [0.25, 0.3) is 0 Å². The second-order valence-corrected chi connectivity index (χ2v) is 4.95. The SMILES string of the molecule is CNC(CC1CCCCO1)c1ccc(OC)cc1F. The summed E-state index contributed by atoms with van der Waals surface area (Å²) < 4.78 is 24.8. The predicted octanol–water partition coefficient (Wildman–Crippen LogP) is 3.05. The minimum atomic E-state index is -0.227. The molecule has 1 fully saturated rings. The molecule has 0 amide bonds. The molecule has 19 heavy (non-hydrogen) atoms. The van der Waals surface area contributed by atoms with E-state index in [1.165, 1.54) is 12.5 Å². The number of hydrogen-bond donors (Lipinski definition) is 1. The van der Waals surface area contributed by atoms with Crippen molar-refractivity contribution in [2.24, 2.45) is 0 Å². The molecule has 0 aliphatic carbocycles. The van der Waals surface area contributed by atoms with Crippen LogP contribution in [0.1, 0.15) is 37.3 Å². The lowest BCUT2D eigenvalue weighted by Crippen LogP contribution is -2.27. The molecule has 4 heteroatoms. The summed E-state index contributed by atoms with van der Waals surface area (Å²) in [7, 11) is 3.40. The number of methoxy groups -OCH3 is 1. The van der Waals surface area contributed by atoms with Crippen molar-refractivity contribution in [2.45, 2.75) is 37.8 Å². The second kappa shape index (κ2) is 6.87. The third-order valence-corrected chi connectivity index (χ3v) is 3.70. The average Bonchev–Trinajstić information content (AvgIpc) is 2.46. The van der Waals surface area contributed by atoms with Crippen LogP contribution in [0.2, 0.25) is 0 Å². The fourth-order valence-corrected chi connectivity index (χ4v) is 2.57. The first-order valence-electron chi connectivity index (χ1n) is 6.87. The topological polar surface area (TPSA) is 30.5 Å². The van der Waals surface area contributed by atoms with Gasteiger partial charge in [0.2, 0.25) is 0 Å². The minimum absolute atomic E-state index is 0.0194. The van der Waals surface area contributed by atoms with E-state index in [1.807, 2.05) is 7.05 Å². The molecule has 0 bridgehead atoms. The maximum Gasteiger partial charge on any atom is 0.131 e. The summed E-state index contributed by atoms with van der Waals surface area (Å²) in [4.78, 5) is 0. The van der Waals surface area contributed by atoms with Gasteiger partial charge in [-0.25, -0.2) is 4.39 Å². The van der Waals surface area contributed by atoms with Gasteiger partial charge in [-0.05, 0) is 38.8 Å². The van der Waals surface area contributed by atoms with Gasteiger partial charge in [-0.3, -0.25) is 0 Å². The number of halogens is 1. The van der Waals surface area contributed by atoms with E-state index in [1.54, 1.807) is 19.2 Å². The zero-order valence-corrected chi connectivity index (χ0v) is 11.6. The molecule has 1 aromatic carbocycles. The van der Waals surface area contributed by atoms with Crippen LogP contribution >= 0.6 is 0 Å². The maximum atomic E-state index is 14.1. The molecule has 0 aromatic heterocycles. The molecule has 0 spiro atoms. The Bertz CT molecular complexity index is 405. The van der Waals surface area contributed by atoms with Crippen molar-refractivity contribution in [3.8, 4) is 5.75 Å². The summed E-state index contributed by atoms with van der Waals surface area (Å²) in [5.41, 5.74) is 0.678. The van der Waals surface area contributed by atoms with Gasteiger partial charge in [0.05, 0.1) is 13.2 Å². The molecule has 1 heterocycles. The standard InChI is InChI=1S/C15H22FNO2/c1-17-15(10-12-5-3-4-8-19-12)13-7-6-11(18-2)9-14(13)16/h6-7,9,12,15,17H,3-5,8,10H2,1-2H3. The Morgan fingerprint density at radius 3 is 2.89 bits per heavy atom. The van der Waals surface area contributed by atoms with Gasteiger partial charge in [-0.2, -0.15) is 0 Å². The van der Waals surface area contributed by atoms with Gasteiger partial charge >= 0.3 is 0 Å². The van der Waals surface area contributed by atoms with Crippen molar-refractivity contribution >= 4 is 0 Å². The van der Waals surface area contributed by atoms with Crippen LogP contribution in [0, 0.1) is 5.82 Å². The number of nitrogens with one attached hydrogen (secondary N) is 1. The third kappa shape index (κ3) is 3.67. The first-order valence-corrected chi connectivity index (χ1v) is 6.87. The van der Waals surface area contributed by atoms with Crippen LogP contribution in [0.3, 0.4) is 0 Å². The Labute approximate surface area is 114 Å². The molecular formula is C15H22FNO2. The van der Waals surface area contributed by atoms with E-state index in [0.717, 1.165) is 25.9 Å². The summed E-state index contributed by atoms with van der Waals surface area (Å²) in [5.74, 6) is 0.319. The van der Waals surface area contributed by atoms with Gasteiger partial charge in [-0.1, -0.05) is 6.07 Å². The molecule has 1 aromatic rings. The Balaban J connectivity index is 2.07. The first-order chi connectivity index (χ1) is 9.24. The summed E-state index contributed by atoms with van der Waals surface area (Å²) in [5, 5.41) is 3.18. The fourth-order valence-electron chi connectivity index (χ4n) is 2.57. The number of rotatable bonds is 5. The summed E-state index contributed by atoms with van der Waals surface area (Å²) >= 11 is 0. The minimum Gasteiger partial charge on any atom is -0.497 e. The molecule has 2 atom stereocenters. The lowest BCUT2D eigenvalue weighted by atomic mass is 9.96. The summed E-state index contributed by atoms with van der Waals surface area (Å²) in [6.45, 7) is 0.826. The molecule has 2 rings (SSSR count). The van der Waals surface area contributed by atoms with Gasteiger partial charge in [0, 0.05) is 24.3 Å². The largest absolute Gasteiger partial charge is 0.497 e. The van der Waals surface area contributed by atoms with E-state index in [-0.39, 0.29) is 18.0 Å². The molecule has 1 aliphatic rings. The second-order valence-electron chi connectivity index (χ2n) is 4.95. The number of hydrogen-bond acceptors (Lipinski definition) is 3. The molecule has 106 valence electrons. The van der Waals surface area contributed by atoms with Crippen LogP contribution in [-0.4, -0.2) is 26.9 Å². The van der Waals surface area contributed by atoms with E-state index >= 15 is 0 Å². The van der Waals surface area contributed by atoms with Crippen molar-refractivity contribution in [1.82, 2.24) is 5.32 Å². The highest BCUT2D eigenvalue weighted by Crippen LogP contribution is 2.28. The molecule has 0 radical (unpaired) electrons. The van der Waals surface area contributed by atoms with Crippen molar-refractivity contribution in [1.29, 1.82) is 0 Å². The van der Waals surface area contributed by atoms with Gasteiger partial charge in [0.1, 0.15) is 11.6 Å². The van der Waals surface area contributed by atoms with Gasteiger partial charge in [0.15, 0.2) is 0 Å². The molecule has 1 N–H and O–H groups in total. The smallest absolute Gasteiger partial charge is 0.131 e. The predicted molar refractivity (Wildman–Crippen MR) is 73.0 cm³/mol. The first kappa shape index (κ1) is 14.3. The van der Waals surface area contributed by atoms with Crippen LogP contribution in [0.4, 0.5) is 4.39 Å². The summed E-state index contributed by atoms with van der Waals surface area (Å²) in [6.07, 6.45) is 4.44. The summed E-state index contributed by atoms with van der Waals surface area (Å²) in [6, 6.07) is 5.00. The Hall–Kier alpha value is -1.13. The fraction of sp³-hybridized carbons (Fsp3) is 0.600. The highest BCUT2D eigenvalue weighted by molar-refractivity contribution is 5.30. The zero-order chi connectivity index (χ0) is 13.7. The molecular weight excluding hydrogens is 245 g/mol.